The molecule has 55 heavy (non-hydrogen) atoms. The Bertz CT molecular complexity index is 2890. The number of para-hydroxylation sites is 6. The zero-order valence-electron chi connectivity index (χ0n) is 29.8. The van der Waals surface area contributed by atoms with Crippen LogP contribution in [0.1, 0.15) is 0 Å². The summed E-state index contributed by atoms with van der Waals surface area (Å²) in [6.45, 7) is 0. The number of rotatable bonds is 8. The summed E-state index contributed by atoms with van der Waals surface area (Å²) >= 11 is 0. The molecule has 10 aromatic rings. The molecule has 0 aliphatic rings. The molecule has 0 aliphatic heterocycles. The van der Waals surface area contributed by atoms with E-state index in [9.17, 15) is 0 Å². The molecule has 0 saturated carbocycles. The number of hydrogen-bond donors (Lipinski definition) is 0. The Kier molecular flexibility index (Phi) is 8.08. The molecule has 2 heterocycles. The van der Waals surface area contributed by atoms with Gasteiger partial charge in [-0.25, -0.2) is 0 Å². The van der Waals surface area contributed by atoms with Gasteiger partial charge in [0.2, 0.25) is 0 Å². The molecule has 0 unspecified atom stereocenters. The fraction of sp³-hybridized carbons (Fsp3) is 0. The van der Waals surface area contributed by atoms with Crippen LogP contribution in [0.4, 0.5) is 0 Å². The molecule has 0 spiro atoms. The van der Waals surface area contributed by atoms with E-state index in [-0.39, 0.29) is 0 Å². The summed E-state index contributed by atoms with van der Waals surface area (Å²) in [4.78, 5) is 0. The standard InChI is InChI=1S/C50H34N4O/c1-4-17-37(18-5-1)44-27-16-28-45(38-19-6-2-7-20-38)50(44)54-36-53(48-31-12-13-32-49(48)54)41-24-15-26-43(34-41)55-42-25-14-23-40(33-42)52-35-51(39-21-8-3-9-22-39)46-29-10-11-30-47(46)52/h1-34H. The Morgan fingerprint density at radius 2 is 0.818 bits per heavy atom. The summed E-state index contributed by atoms with van der Waals surface area (Å²) in [5.74, 6) is 1.45. The van der Waals surface area contributed by atoms with Crippen molar-refractivity contribution in [2.45, 2.75) is 0 Å². The zero-order valence-corrected chi connectivity index (χ0v) is 29.8. The third-order valence-corrected chi connectivity index (χ3v) is 9.96. The molecule has 5 nitrogen and oxygen atoms in total. The van der Waals surface area contributed by atoms with E-state index in [4.69, 9.17) is 4.74 Å². The topological polar surface area (TPSA) is 26.8 Å². The average molecular weight is 707 g/mol. The number of benzene rings is 8. The number of hydrogen-bond acceptors (Lipinski definition) is 1. The van der Waals surface area contributed by atoms with Crippen LogP contribution in [0.2, 0.25) is 0 Å². The molecule has 0 N–H and O–H groups in total. The van der Waals surface area contributed by atoms with Gasteiger partial charge in [-0.3, -0.25) is 18.3 Å². The van der Waals surface area contributed by atoms with Crippen molar-refractivity contribution in [1.29, 1.82) is 0 Å². The van der Waals surface area contributed by atoms with Crippen molar-refractivity contribution in [3.63, 3.8) is 0 Å². The number of imidazole rings is 2. The fourth-order valence-corrected chi connectivity index (χ4v) is 7.43. The first-order valence-corrected chi connectivity index (χ1v) is 18.4. The van der Waals surface area contributed by atoms with Crippen LogP contribution in [0.15, 0.2) is 206 Å². The lowest BCUT2D eigenvalue weighted by Gasteiger charge is -2.17. The maximum Gasteiger partial charge on any atom is 0.269 e. The Morgan fingerprint density at radius 3 is 1.36 bits per heavy atom. The second-order valence-corrected chi connectivity index (χ2v) is 13.4. The van der Waals surface area contributed by atoms with Crippen LogP contribution in [0.25, 0.3) is 67.1 Å². The van der Waals surface area contributed by atoms with E-state index in [2.05, 4.69) is 195 Å². The van der Waals surface area contributed by atoms with Crippen molar-refractivity contribution in [3.05, 3.63) is 219 Å². The van der Waals surface area contributed by atoms with E-state index in [1.807, 2.05) is 42.5 Å². The van der Waals surface area contributed by atoms with Crippen LogP contribution in [0.3, 0.4) is 0 Å². The minimum Gasteiger partial charge on any atom is -0.458 e. The van der Waals surface area contributed by atoms with Crippen molar-refractivity contribution in [1.82, 2.24) is 9.13 Å². The van der Waals surface area contributed by atoms with Crippen molar-refractivity contribution < 1.29 is 13.9 Å². The second kappa shape index (κ2) is 13.8. The zero-order chi connectivity index (χ0) is 36.6. The highest BCUT2D eigenvalue weighted by Gasteiger charge is 2.20. The van der Waals surface area contributed by atoms with Crippen LogP contribution in [0, 0.1) is 12.7 Å². The normalized spacial score (nSPS) is 11.3. The molecule has 5 heteroatoms. The summed E-state index contributed by atoms with van der Waals surface area (Å²) in [7, 11) is 0. The lowest BCUT2D eigenvalue weighted by atomic mass is 9.95. The predicted octanol–water partition coefficient (Wildman–Crippen LogP) is 10.9. The SMILES string of the molecule is [c-]1n(-c2cccc(Oc3cccc(-n4[c-][n+](-c5c(-c6ccccc6)cccc5-c5ccccc5)c5ccccc54)c3)c2)c2ccccc2[n+]1-c1ccccc1. The summed E-state index contributed by atoms with van der Waals surface area (Å²) < 4.78 is 15.1. The maximum atomic E-state index is 6.60. The number of fused-ring (bicyclic) bond motifs is 2. The molecule has 260 valence electrons. The van der Waals surface area contributed by atoms with E-state index in [1.54, 1.807) is 0 Å². The van der Waals surface area contributed by atoms with E-state index in [0.29, 0.717) is 0 Å². The maximum absolute atomic E-state index is 6.60. The number of ether oxygens (including phenoxy) is 1. The van der Waals surface area contributed by atoms with Crippen LogP contribution < -0.4 is 13.9 Å². The Morgan fingerprint density at radius 1 is 0.382 bits per heavy atom. The first kappa shape index (κ1) is 32.2. The van der Waals surface area contributed by atoms with Crippen molar-refractivity contribution in [3.8, 4) is 56.5 Å². The summed E-state index contributed by atoms with van der Waals surface area (Å²) in [6, 6.07) is 71.2. The molecule has 0 atom stereocenters. The number of aromatic nitrogens is 4. The molecule has 0 fully saturated rings. The number of nitrogens with zero attached hydrogens (tertiary/aromatic N) is 4. The van der Waals surface area contributed by atoms with Gasteiger partial charge in [-0.1, -0.05) is 158 Å². The van der Waals surface area contributed by atoms with Crippen LogP contribution >= 0.6 is 0 Å². The van der Waals surface area contributed by atoms with Crippen molar-refractivity contribution in [2.75, 3.05) is 0 Å². The largest absolute Gasteiger partial charge is 0.458 e. The molecule has 0 bridgehead atoms. The molecule has 8 aromatic carbocycles. The van der Waals surface area contributed by atoms with Gasteiger partial charge < -0.3 is 4.74 Å². The van der Waals surface area contributed by atoms with E-state index in [1.165, 1.54) is 0 Å². The van der Waals surface area contributed by atoms with Gasteiger partial charge in [0.05, 0.1) is 44.8 Å². The monoisotopic (exact) mass is 706 g/mol. The lowest BCUT2D eigenvalue weighted by molar-refractivity contribution is -0.572. The van der Waals surface area contributed by atoms with Gasteiger partial charge in [0.1, 0.15) is 11.5 Å². The predicted molar refractivity (Wildman–Crippen MR) is 218 cm³/mol. The van der Waals surface area contributed by atoms with Crippen LogP contribution in [-0.2, 0) is 0 Å². The van der Waals surface area contributed by atoms with Crippen molar-refractivity contribution in [2.24, 2.45) is 0 Å². The first-order chi connectivity index (χ1) is 27.3. The van der Waals surface area contributed by atoms with Gasteiger partial charge in [0.15, 0.2) is 0 Å². The van der Waals surface area contributed by atoms with Gasteiger partial charge in [-0.05, 0) is 70.8 Å². The first-order valence-electron chi connectivity index (χ1n) is 18.4. The lowest BCUT2D eigenvalue weighted by Crippen LogP contribution is -2.31. The molecule has 0 radical (unpaired) electrons. The van der Waals surface area contributed by atoms with Gasteiger partial charge in [-0.15, -0.1) is 0 Å². The summed E-state index contributed by atoms with van der Waals surface area (Å²) in [5, 5.41) is 0. The van der Waals surface area contributed by atoms with Gasteiger partial charge >= 0.3 is 0 Å². The van der Waals surface area contributed by atoms with Crippen LogP contribution in [-0.4, -0.2) is 9.13 Å². The highest BCUT2D eigenvalue weighted by molar-refractivity contribution is 5.84. The highest BCUT2D eigenvalue weighted by atomic mass is 16.5. The highest BCUT2D eigenvalue weighted by Crippen LogP contribution is 2.35. The van der Waals surface area contributed by atoms with E-state index < -0.39 is 0 Å². The summed E-state index contributed by atoms with van der Waals surface area (Å²) in [5.41, 5.74) is 12.8. The minimum absolute atomic E-state index is 0.725. The average Bonchev–Trinajstić information content (AvgIpc) is 3.84. The Hall–Kier alpha value is -7.50. The molecular formula is C50H34N4O. The van der Waals surface area contributed by atoms with Crippen molar-refractivity contribution >= 4 is 22.1 Å². The molecule has 2 aromatic heterocycles. The third-order valence-electron chi connectivity index (χ3n) is 9.96. The Balaban J connectivity index is 1.05. The van der Waals surface area contributed by atoms with Crippen LogP contribution in [0.5, 0.6) is 11.5 Å². The third kappa shape index (κ3) is 5.94. The fourth-order valence-electron chi connectivity index (χ4n) is 7.43. The van der Waals surface area contributed by atoms with Gasteiger partial charge in [0, 0.05) is 0 Å². The smallest absolute Gasteiger partial charge is 0.269 e. The molecule has 10 rings (SSSR count). The van der Waals surface area contributed by atoms with E-state index in [0.717, 1.165) is 78.6 Å². The minimum atomic E-state index is 0.725. The quantitative estimate of drug-likeness (QED) is 0.114. The van der Waals surface area contributed by atoms with Gasteiger partial charge in [0.25, 0.3) is 12.7 Å². The second-order valence-electron chi connectivity index (χ2n) is 13.4. The molecule has 0 amide bonds. The van der Waals surface area contributed by atoms with E-state index >= 15 is 0 Å². The summed E-state index contributed by atoms with van der Waals surface area (Å²) in [6.07, 6.45) is 7.34. The molecular weight excluding hydrogens is 673 g/mol. The Labute approximate surface area is 319 Å². The molecule has 0 aliphatic carbocycles. The molecule has 0 saturated heterocycles. The van der Waals surface area contributed by atoms with Gasteiger partial charge in [-0.2, -0.15) is 0 Å².